The Balaban J connectivity index is 1.62. The van der Waals surface area contributed by atoms with Gasteiger partial charge in [0.15, 0.2) is 17.4 Å². The number of ether oxygens (including phenoxy) is 1. The highest BCUT2D eigenvalue weighted by Crippen LogP contribution is 2.35. The van der Waals surface area contributed by atoms with Gasteiger partial charge in [0.25, 0.3) is 0 Å². The quantitative estimate of drug-likeness (QED) is 0.367. The third kappa shape index (κ3) is 5.18. The highest BCUT2D eigenvalue weighted by atomic mass is 19.4. The van der Waals surface area contributed by atoms with Crippen molar-refractivity contribution >= 4 is 0 Å². The number of aryl methyl sites for hydroxylation is 1. The molecule has 0 saturated carbocycles. The van der Waals surface area contributed by atoms with E-state index in [9.17, 15) is 23.1 Å². The summed E-state index contributed by atoms with van der Waals surface area (Å²) in [7, 11) is 0. The van der Waals surface area contributed by atoms with E-state index in [2.05, 4.69) is 19.6 Å². The van der Waals surface area contributed by atoms with Gasteiger partial charge >= 0.3 is 11.9 Å². The molecule has 182 valence electrons. The summed E-state index contributed by atoms with van der Waals surface area (Å²) in [6.45, 7) is 3.11. The first-order valence-electron chi connectivity index (χ1n) is 10.4. The molecule has 4 rings (SSSR count). The lowest BCUT2D eigenvalue weighted by Crippen LogP contribution is -2.06. The molecule has 0 unspecified atom stereocenters. The van der Waals surface area contributed by atoms with Crippen molar-refractivity contribution in [3.63, 3.8) is 0 Å². The average molecular weight is 489 g/mol. The van der Waals surface area contributed by atoms with E-state index in [0.29, 0.717) is 22.4 Å². The van der Waals surface area contributed by atoms with Crippen LogP contribution in [0.4, 0.5) is 17.6 Å². The molecule has 0 bridgehead atoms. The van der Waals surface area contributed by atoms with Gasteiger partial charge in [0, 0.05) is 17.7 Å². The fourth-order valence-corrected chi connectivity index (χ4v) is 3.63. The summed E-state index contributed by atoms with van der Waals surface area (Å²) in [4.78, 5) is 17.7. The van der Waals surface area contributed by atoms with Crippen molar-refractivity contribution in [1.29, 1.82) is 0 Å². The van der Waals surface area contributed by atoms with Crippen LogP contribution in [0.15, 0.2) is 51.8 Å². The van der Waals surface area contributed by atoms with E-state index >= 15 is 4.39 Å². The summed E-state index contributed by atoms with van der Waals surface area (Å²) < 4.78 is 64.1. The predicted molar refractivity (Wildman–Crippen MR) is 116 cm³/mol. The van der Waals surface area contributed by atoms with Gasteiger partial charge in [-0.1, -0.05) is 17.3 Å². The summed E-state index contributed by atoms with van der Waals surface area (Å²) in [5.41, 5.74) is 1.25. The topological polar surface area (TPSA) is 101 Å². The van der Waals surface area contributed by atoms with E-state index < -0.39 is 23.3 Å². The maximum atomic E-state index is 15.0. The number of hydrogen-bond donors (Lipinski definition) is 2. The number of pyridine rings is 1. The monoisotopic (exact) mass is 489 g/mol. The van der Waals surface area contributed by atoms with Crippen LogP contribution < -0.4 is 10.5 Å². The summed E-state index contributed by atoms with van der Waals surface area (Å²) in [5, 5.41) is 13.7. The number of aromatic amines is 1. The standard InChI is InChI=1S/C24H19F4N3O4/c1-12-8-19(34-11-20-30-23(33)35-31-20)21(25)13(2)17(12)10-16-6-7-18(32)22(29-16)14-4-3-5-15(9-14)24(26,27)28/h3-9,32H,10-11H2,1-2H3,(H,30,31,33). The van der Waals surface area contributed by atoms with Crippen molar-refractivity contribution < 1.29 is 31.9 Å². The van der Waals surface area contributed by atoms with Crippen LogP contribution >= 0.6 is 0 Å². The van der Waals surface area contributed by atoms with Gasteiger partial charge in [-0.05, 0) is 60.9 Å². The Kier molecular flexibility index (Phi) is 6.33. The molecule has 0 atom stereocenters. The van der Waals surface area contributed by atoms with Crippen molar-refractivity contribution in [2.45, 2.75) is 33.1 Å². The number of rotatable bonds is 6. The summed E-state index contributed by atoms with van der Waals surface area (Å²) in [6.07, 6.45) is -4.38. The lowest BCUT2D eigenvalue weighted by molar-refractivity contribution is -0.137. The predicted octanol–water partition coefficient (Wildman–Crippen LogP) is 5.08. The molecule has 0 spiro atoms. The van der Waals surface area contributed by atoms with E-state index in [1.54, 1.807) is 13.8 Å². The van der Waals surface area contributed by atoms with E-state index in [1.807, 2.05) is 0 Å². The highest BCUT2D eigenvalue weighted by Gasteiger charge is 2.30. The first-order chi connectivity index (χ1) is 16.5. The summed E-state index contributed by atoms with van der Waals surface area (Å²) in [5.74, 6) is -1.59. The zero-order valence-corrected chi connectivity index (χ0v) is 18.5. The molecule has 2 heterocycles. The molecular formula is C24H19F4N3O4. The second-order valence-electron chi connectivity index (χ2n) is 7.87. The molecule has 2 aromatic heterocycles. The maximum Gasteiger partial charge on any atom is 0.439 e. The van der Waals surface area contributed by atoms with Gasteiger partial charge in [-0.3, -0.25) is 9.51 Å². The minimum Gasteiger partial charge on any atom is -0.506 e. The second kappa shape index (κ2) is 9.24. The number of alkyl halides is 3. The fraction of sp³-hybridized carbons (Fsp3) is 0.208. The SMILES string of the molecule is Cc1cc(OCc2noc(=O)[nH]2)c(F)c(C)c1Cc1ccc(O)c(-c2cccc(C(F)(F)F)c2)n1. The smallest absolute Gasteiger partial charge is 0.439 e. The van der Waals surface area contributed by atoms with Crippen LogP contribution in [0.3, 0.4) is 0 Å². The summed E-state index contributed by atoms with van der Waals surface area (Å²) >= 11 is 0. The molecule has 0 aliphatic heterocycles. The molecule has 0 fully saturated rings. The number of nitrogens with zero attached hydrogens (tertiary/aromatic N) is 2. The molecular weight excluding hydrogens is 470 g/mol. The van der Waals surface area contributed by atoms with E-state index in [1.165, 1.54) is 30.3 Å². The Labute approximate surface area is 196 Å². The number of aromatic nitrogens is 3. The number of nitrogens with one attached hydrogen (secondary N) is 1. The first-order valence-corrected chi connectivity index (χ1v) is 10.4. The van der Waals surface area contributed by atoms with Crippen LogP contribution in [0.2, 0.25) is 0 Å². The zero-order valence-electron chi connectivity index (χ0n) is 18.5. The van der Waals surface area contributed by atoms with E-state index in [4.69, 9.17) is 4.74 Å². The lowest BCUT2D eigenvalue weighted by Gasteiger charge is -2.15. The molecule has 0 aliphatic rings. The van der Waals surface area contributed by atoms with Crippen LogP contribution in [0.25, 0.3) is 11.3 Å². The van der Waals surface area contributed by atoms with Crippen LogP contribution in [0.1, 0.15) is 33.8 Å². The van der Waals surface area contributed by atoms with Gasteiger partial charge in [0.1, 0.15) is 18.1 Å². The average Bonchev–Trinajstić information content (AvgIpc) is 3.23. The molecule has 0 amide bonds. The number of aromatic hydroxyl groups is 1. The highest BCUT2D eigenvalue weighted by molar-refractivity contribution is 5.67. The van der Waals surface area contributed by atoms with E-state index in [-0.39, 0.29) is 41.6 Å². The number of halogens is 4. The Morgan fingerprint density at radius 1 is 1.14 bits per heavy atom. The third-order valence-corrected chi connectivity index (χ3v) is 5.42. The molecule has 4 aromatic rings. The van der Waals surface area contributed by atoms with Gasteiger partial charge in [-0.25, -0.2) is 14.2 Å². The molecule has 0 saturated heterocycles. The van der Waals surface area contributed by atoms with Gasteiger partial charge < -0.3 is 9.84 Å². The minimum absolute atomic E-state index is 0.00839. The van der Waals surface area contributed by atoms with Crippen molar-refractivity contribution in [3.8, 4) is 22.8 Å². The van der Waals surface area contributed by atoms with E-state index in [0.717, 1.165) is 12.1 Å². The Morgan fingerprint density at radius 3 is 2.60 bits per heavy atom. The van der Waals surface area contributed by atoms with Crippen LogP contribution in [0.5, 0.6) is 11.5 Å². The van der Waals surface area contributed by atoms with Crippen LogP contribution in [-0.2, 0) is 19.2 Å². The van der Waals surface area contributed by atoms with Crippen LogP contribution in [0, 0.1) is 19.7 Å². The Morgan fingerprint density at radius 2 is 1.91 bits per heavy atom. The normalized spacial score (nSPS) is 11.6. The first kappa shape index (κ1) is 24.0. The third-order valence-electron chi connectivity index (χ3n) is 5.42. The van der Waals surface area contributed by atoms with Gasteiger partial charge in [0.2, 0.25) is 0 Å². The van der Waals surface area contributed by atoms with Gasteiger partial charge in [-0.15, -0.1) is 0 Å². The van der Waals surface area contributed by atoms with Crippen LogP contribution in [-0.4, -0.2) is 20.2 Å². The van der Waals surface area contributed by atoms with Crippen molar-refractivity contribution in [2.24, 2.45) is 0 Å². The lowest BCUT2D eigenvalue weighted by atomic mass is 9.96. The molecule has 2 aromatic carbocycles. The van der Waals surface area contributed by atoms with Gasteiger partial charge in [-0.2, -0.15) is 13.2 Å². The van der Waals surface area contributed by atoms with Crippen molar-refractivity contribution in [1.82, 2.24) is 15.1 Å². The zero-order chi connectivity index (χ0) is 25.3. The van der Waals surface area contributed by atoms with Gasteiger partial charge in [0.05, 0.1) is 5.56 Å². The summed E-state index contributed by atoms with van der Waals surface area (Å²) in [6, 6.07) is 8.86. The second-order valence-corrected chi connectivity index (χ2v) is 7.87. The molecule has 11 heteroatoms. The molecule has 7 nitrogen and oxygen atoms in total. The fourth-order valence-electron chi connectivity index (χ4n) is 3.63. The molecule has 2 N–H and O–H groups in total. The Hall–Kier alpha value is -4.15. The van der Waals surface area contributed by atoms with Crippen molar-refractivity contribution in [2.75, 3.05) is 0 Å². The van der Waals surface area contributed by atoms with Crippen molar-refractivity contribution in [3.05, 3.63) is 92.6 Å². The number of hydrogen-bond acceptors (Lipinski definition) is 6. The largest absolute Gasteiger partial charge is 0.506 e. The molecule has 0 aliphatic carbocycles. The molecule has 0 radical (unpaired) electrons. The number of benzene rings is 2. The number of H-pyrrole nitrogens is 1. The molecule has 35 heavy (non-hydrogen) atoms. The Bertz CT molecular complexity index is 1440. The minimum atomic E-state index is -4.54. The maximum absolute atomic E-state index is 15.0.